The molecule has 0 unspecified atom stereocenters. The summed E-state index contributed by atoms with van der Waals surface area (Å²) < 4.78 is 12.0. The van der Waals surface area contributed by atoms with Gasteiger partial charge in [-0.3, -0.25) is 0 Å². The fourth-order valence-electron chi connectivity index (χ4n) is 2.51. The van der Waals surface area contributed by atoms with Crippen LogP contribution in [0, 0.1) is 0 Å². The minimum absolute atomic E-state index is 0.135. The molecule has 0 N–H and O–H groups in total. The summed E-state index contributed by atoms with van der Waals surface area (Å²) in [6, 6.07) is 0.135. The minimum atomic E-state index is -0.490. The van der Waals surface area contributed by atoms with Crippen LogP contribution in [0.2, 0.25) is 0 Å². The molecule has 22 heavy (non-hydrogen) atoms. The molecule has 1 saturated heterocycles. The number of esters is 1. The van der Waals surface area contributed by atoms with Crippen LogP contribution in [0.4, 0.5) is 4.79 Å². The van der Waals surface area contributed by atoms with E-state index in [0.29, 0.717) is 18.8 Å². The molecule has 1 aromatic heterocycles. The van der Waals surface area contributed by atoms with E-state index in [1.807, 2.05) is 25.3 Å². The normalized spacial score (nSPS) is 16.5. The zero-order valence-corrected chi connectivity index (χ0v) is 13.5. The molecular formula is C15H23N3O4. The fraction of sp³-hybridized carbons (Fsp3) is 0.667. The molecule has 122 valence electrons. The molecule has 0 aliphatic carbocycles. The van der Waals surface area contributed by atoms with Gasteiger partial charge in [-0.05, 0) is 33.6 Å². The van der Waals surface area contributed by atoms with Crippen molar-refractivity contribution in [1.82, 2.24) is 14.5 Å². The topological polar surface area (TPSA) is 73.7 Å². The first-order valence-electron chi connectivity index (χ1n) is 7.40. The van der Waals surface area contributed by atoms with Crippen molar-refractivity contribution in [2.45, 2.75) is 45.3 Å². The first-order chi connectivity index (χ1) is 10.3. The highest BCUT2D eigenvalue weighted by atomic mass is 16.6. The standard InChI is InChI=1S/C15H23N3O4/c1-15(2,3)22-14(20)17-7-5-11(6-8-17)18-10-16-9-12(18)13(19)21-4/h9-11H,5-8H2,1-4H3. The number of amides is 1. The summed E-state index contributed by atoms with van der Waals surface area (Å²) >= 11 is 0. The van der Waals surface area contributed by atoms with Crippen LogP contribution >= 0.6 is 0 Å². The maximum atomic E-state index is 12.0. The van der Waals surface area contributed by atoms with Gasteiger partial charge in [-0.1, -0.05) is 0 Å². The van der Waals surface area contributed by atoms with Gasteiger partial charge in [0.2, 0.25) is 0 Å². The van der Waals surface area contributed by atoms with E-state index < -0.39 is 11.6 Å². The van der Waals surface area contributed by atoms with E-state index in [1.54, 1.807) is 11.2 Å². The molecule has 0 bridgehead atoms. The number of piperidine rings is 1. The molecule has 7 heteroatoms. The molecule has 0 radical (unpaired) electrons. The van der Waals surface area contributed by atoms with E-state index in [9.17, 15) is 9.59 Å². The van der Waals surface area contributed by atoms with Crippen LogP contribution in [0.15, 0.2) is 12.5 Å². The predicted octanol–water partition coefficient (Wildman–Crippen LogP) is 2.24. The smallest absolute Gasteiger partial charge is 0.410 e. The van der Waals surface area contributed by atoms with E-state index in [-0.39, 0.29) is 12.1 Å². The Morgan fingerprint density at radius 2 is 1.91 bits per heavy atom. The molecule has 2 rings (SSSR count). The van der Waals surface area contributed by atoms with Crippen LogP contribution in [-0.4, -0.2) is 52.3 Å². The Balaban J connectivity index is 1.97. The van der Waals surface area contributed by atoms with Gasteiger partial charge in [-0.25, -0.2) is 14.6 Å². The van der Waals surface area contributed by atoms with Gasteiger partial charge < -0.3 is 18.9 Å². The van der Waals surface area contributed by atoms with Crippen LogP contribution in [0.1, 0.15) is 50.1 Å². The Kier molecular flexibility index (Phi) is 4.73. The van der Waals surface area contributed by atoms with Crippen molar-refractivity contribution in [3.8, 4) is 0 Å². The van der Waals surface area contributed by atoms with Gasteiger partial charge in [0.05, 0.1) is 19.6 Å². The van der Waals surface area contributed by atoms with Gasteiger partial charge in [-0.2, -0.15) is 0 Å². The highest BCUT2D eigenvalue weighted by molar-refractivity contribution is 5.87. The average molecular weight is 309 g/mol. The second kappa shape index (κ2) is 6.37. The Bertz CT molecular complexity index is 539. The summed E-state index contributed by atoms with van der Waals surface area (Å²) in [6.07, 6.45) is 4.36. The third-order valence-corrected chi connectivity index (χ3v) is 3.57. The van der Waals surface area contributed by atoms with E-state index in [0.717, 1.165) is 12.8 Å². The number of carbonyl (C=O) groups excluding carboxylic acids is 2. The number of nitrogens with zero attached hydrogens (tertiary/aromatic N) is 3. The Morgan fingerprint density at radius 1 is 1.27 bits per heavy atom. The second-order valence-corrected chi connectivity index (χ2v) is 6.38. The quantitative estimate of drug-likeness (QED) is 0.783. The van der Waals surface area contributed by atoms with E-state index in [4.69, 9.17) is 9.47 Å². The number of hydrogen-bond donors (Lipinski definition) is 0. The lowest BCUT2D eigenvalue weighted by Crippen LogP contribution is -2.42. The number of rotatable bonds is 2. The SMILES string of the molecule is COC(=O)c1cncn1C1CCN(C(=O)OC(C)(C)C)CC1. The molecule has 0 atom stereocenters. The predicted molar refractivity (Wildman–Crippen MR) is 79.6 cm³/mol. The lowest BCUT2D eigenvalue weighted by atomic mass is 10.0. The largest absolute Gasteiger partial charge is 0.464 e. The van der Waals surface area contributed by atoms with Gasteiger partial charge >= 0.3 is 12.1 Å². The van der Waals surface area contributed by atoms with Crippen molar-refractivity contribution >= 4 is 12.1 Å². The third kappa shape index (κ3) is 3.78. The van der Waals surface area contributed by atoms with Crippen LogP contribution in [0.3, 0.4) is 0 Å². The van der Waals surface area contributed by atoms with Crippen LogP contribution in [0.5, 0.6) is 0 Å². The molecule has 0 spiro atoms. The van der Waals surface area contributed by atoms with Crippen molar-refractivity contribution in [3.63, 3.8) is 0 Å². The Labute approximate surface area is 130 Å². The maximum absolute atomic E-state index is 12.0. The molecule has 1 fully saturated rings. The summed E-state index contributed by atoms with van der Waals surface area (Å²) in [4.78, 5) is 29.5. The van der Waals surface area contributed by atoms with Crippen LogP contribution < -0.4 is 0 Å². The number of ether oxygens (including phenoxy) is 2. The van der Waals surface area contributed by atoms with Gasteiger partial charge in [0.15, 0.2) is 0 Å². The van der Waals surface area contributed by atoms with Crippen LogP contribution in [-0.2, 0) is 9.47 Å². The molecule has 1 aromatic rings. The molecule has 1 amide bonds. The number of carbonyl (C=O) groups is 2. The first kappa shape index (κ1) is 16.3. The number of methoxy groups -OCH3 is 1. The zero-order chi connectivity index (χ0) is 16.3. The van der Waals surface area contributed by atoms with E-state index in [1.165, 1.54) is 13.3 Å². The lowest BCUT2D eigenvalue weighted by Gasteiger charge is -2.34. The van der Waals surface area contributed by atoms with Crippen molar-refractivity contribution in [2.75, 3.05) is 20.2 Å². The number of hydrogen-bond acceptors (Lipinski definition) is 5. The van der Waals surface area contributed by atoms with Gasteiger partial charge in [0, 0.05) is 19.1 Å². The maximum Gasteiger partial charge on any atom is 0.410 e. The molecule has 2 heterocycles. The minimum Gasteiger partial charge on any atom is -0.464 e. The molecule has 0 saturated carbocycles. The molecular weight excluding hydrogens is 286 g/mol. The summed E-state index contributed by atoms with van der Waals surface area (Å²) in [5.41, 5.74) is -0.0470. The van der Waals surface area contributed by atoms with Crippen molar-refractivity contribution in [1.29, 1.82) is 0 Å². The van der Waals surface area contributed by atoms with E-state index in [2.05, 4.69) is 4.98 Å². The van der Waals surface area contributed by atoms with Crippen LogP contribution in [0.25, 0.3) is 0 Å². The van der Waals surface area contributed by atoms with Gasteiger partial charge in [0.1, 0.15) is 11.3 Å². The zero-order valence-electron chi connectivity index (χ0n) is 13.5. The highest BCUT2D eigenvalue weighted by Gasteiger charge is 2.29. The highest BCUT2D eigenvalue weighted by Crippen LogP contribution is 2.25. The number of aromatic nitrogens is 2. The van der Waals surface area contributed by atoms with Crippen molar-refractivity contribution in [3.05, 3.63) is 18.2 Å². The summed E-state index contributed by atoms with van der Waals surface area (Å²) in [5, 5.41) is 0. The number of likely N-dealkylation sites (tertiary alicyclic amines) is 1. The fourth-order valence-corrected chi connectivity index (χ4v) is 2.51. The Hall–Kier alpha value is -2.05. The lowest BCUT2D eigenvalue weighted by molar-refractivity contribution is 0.0185. The molecule has 1 aliphatic heterocycles. The second-order valence-electron chi connectivity index (χ2n) is 6.38. The van der Waals surface area contributed by atoms with Gasteiger partial charge in [-0.15, -0.1) is 0 Å². The average Bonchev–Trinajstić information content (AvgIpc) is 2.94. The van der Waals surface area contributed by atoms with Crippen molar-refractivity contribution < 1.29 is 19.1 Å². The monoisotopic (exact) mass is 309 g/mol. The number of imidazole rings is 1. The van der Waals surface area contributed by atoms with Crippen molar-refractivity contribution in [2.24, 2.45) is 0 Å². The molecule has 7 nitrogen and oxygen atoms in total. The summed E-state index contributed by atoms with van der Waals surface area (Å²) in [7, 11) is 1.35. The summed E-state index contributed by atoms with van der Waals surface area (Å²) in [5.74, 6) is -0.396. The van der Waals surface area contributed by atoms with E-state index >= 15 is 0 Å². The third-order valence-electron chi connectivity index (χ3n) is 3.57. The van der Waals surface area contributed by atoms with Gasteiger partial charge in [0.25, 0.3) is 0 Å². The molecule has 1 aliphatic rings. The first-order valence-corrected chi connectivity index (χ1v) is 7.40. The molecule has 0 aromatic carbocycles. The summed E-state index contributed by atoms with van der Waals surface area (Å²) in [6.45, 7) is 6.75. The Morgan fingerprint density at radius 3 is 2.45 bits per heavy atom.